The van der Waals surface area contributed by atoms with Crippen molar-refractivity contribution in [2.24, 2.45) is 0 Å². The summed E-state index contributed by atoms with van der Waals surface area (Å²) in [6.07, 6.45) is 1.07. The van der Waals surface area contributed by atoms with Crippen molar-refractivity contribution in [1.82, 2.24) is 10.2 Å². The molecule has 0 radical (unpaired) electrons. The molecular formula is C12H13Br2N3OS. The summed E-state index contributed by atoms with van der Waals surface area (Å²) >= 11 is 8.38. The Balaban J connectivity index is 1.92. The number of rotatable bonds is 6. The van der Waals surface area contributed by atoms with Gasteiger partial charge in [0.2, 0.25) is 5.13 Å². The highest BCUT2D eigenvalue weighted by Crippen LogP contribution is 2.29. The second kappa shape index (κ2) is 7.21. The van der Waals surface area contributed by atoms with E-state index < -0.39 is 0 Å². The molecule has 0 fully saturated rings. The minimum Gasteiger partial charge on any atom is -0.485 e. The van der Waals surface area contributed by atoms with Crippen LogP contribution in [0.15, 0.2) is 27.1 Å². The first-order valence-electron chi connectivity index (χ1n) is 5.83. The molecule has 1 N–H and O–H groups in total. The molecule has 2 rings (SSSR count). The van der Waals surface area contributed by atoms with Gasteiger partial charge in [-0.25, -0.2) is 0 Å². The Hall–Kier alpha value is -0.660. The predicted molar refractivity (Wildman–Crippen MR) is 84.9 cm³/mol. The molecule has 0 saturated carbocycles. The normalized spacial score (nSPS) is 10.5. The topological polar surface area (TPSA) is 47.0 Å². The number of anilines is 1. The molecular weight excluding hydrogens is 394 g/mol. The van der Waals surface area contributed by atoms with Gasteiger partial charge in [-0.2, -0.15) is 0 Å². The van der Waals surface area contributed by atoms with Crippen LogP contribution in [0.5, 0.6) is 5.75 Å². The van der Waals surface area contributed by atoms with E-state index >= 15 is 0 Å². The summed E-state index contributed by atoms with van der Waals surface area (Å²) in [7, 11) is 0. The van der Waals surface area contributed by atoms with Gasteiger partial charge < -0.3 is 10.1 Å². The van der Waals surface area contributed by atoms with E-state index in [1.165, 1.54) is 11.3 Å². The maximum absolute atomic E-state index is 5.71. The van der Waals surface area contributed by atoms with Crippen LogP contribution in [-0.4, -0.2) is 16.7 Å². The van der Waals surface area contributed by atoms with Crippen LogP contribution in [0, 0.1) is 0 Å². The monoisotopic (exact) mass is 405 g/mol. The van der Waals surface area contributed by atoms with Crippen LogP contribution in [-0.2, 0) is 6.61 Å². The maximum Gasteiger partial charge on any atom is 0.205 e. The highest BCUT2D eigenvalue weighted by Gasteiger charge is 2.06. The zero-order valence-electron chi connectivity index (χ0n) is 10.3. The molecule has 4 nitrogen and oxygen atoms in total. The maximum atomic E-state index is 5.71. The number of hydrogen-bond acceptors (Lipinski definition) is 5. The summed E-state index contributed by atoms with van der Waals surface area (Å²) in [4.78, 5) is 0. The van der Waals surface area contributed by atoms with Gasteiger partial charge in [-0.3, -0.25) is 0 Å². The van der Waals surface area contributed by atoms with Gasteiger partial charge in [0.15, 0.2) is 5.01 Å². The lowest BCUT2D eigenvalue weighted by molar-refractivity contribution is 0.302. The molecule has 0 amide bonds. The lowest BCUT2D eigenvalue weighted by Crippen LogP contribution is -1.98. The van der Waals surface area contributed by atoms with Crippen molar-refractivity contribution < 1.29 is 4.74 Å². The molecule has 0 saturated heterocycles. The average Bonchev–Trinajstić information content (AvgIpc) is 2.83. The molecule has 0 spiro atoms. The van der Waals surface area contributed by atoms with Crippen LogP contribution >= 0.6 is 43.2 Å². The fourth-order valence-corrected chi connectivity index (χ4v) is 3.19. The molecule has 1 aromatic heterocycles. The van der Waals surface area contributed by atoms with Crippen LogP contribution < -0.4 is 10.1 Å². The zero-order valence-corrected chi connectivity index (χ0v) is 14.3. The van der Waals surface area contributed by atoms with Gasteiger partial charge in [0.25, 0.3) is 0 Å². The van der Waals surface area contributed by atoms with E-state index in [1.54, 1.807) is 0 Å². The molecule has 0 atom stereocenters. The van der Waals surface area contributed by atoms with Gasteiger partial charge in [-0.05, 0) is 40.5 Å². The summed E-state index contributed by atoms with van der Waals surface area (Å²) in [6.45, 7) is 3.45. The second-order valence-corrected chi connectivity index (χ2v) is 6.62. The Morgan fingerprint density at radius 2 is 2.16 bits per heavy atom. The summed E-state index contributed by atoms with van der Waals surface area (Å²) in [5.41, 5.74) is 0. The van der Waals surface area contributed by atoms with Crippen LogP contribution in [0.25, 0.3) is 0 Å². The number of nitrogens with one attached hydrogen (secondary N) is 1. The highest BCUT2D eigenvalue weighted by molar-refractivity contribution is 9.11. The minimum absolute atomic E-state index is 0.422. The zero-order chi connectivity index (χ0) is 13.7. The van der Waals surface area contributed by atoms with E-state index in [-0.39, 0.29) is 0 Å². The molecule has 0 unspecified atom stereocenters. The highest BCUT2D eigenvalue weighted by atomic mass is 79.9. The summed E-state index contributed by atoms with van der Waals surface area (Å²) in [5.74, 6) is 0.793. The van der Waals surface area contributed by atoms with Crippen LogP contribution in [0.4, 0.5) is 5.13 Å². The van der Waals surface area contributed by atoms with Gasteiger partial charge >= 0.3 is 0 Å². The Kier molecular flexibility index (Phi) is 5.59. The number of aromatic nitrogens is 2. The predicted octanol–water partition coefficient (Wildman–Crippen LogP) is 4.46. The Morgan fingerprint density at radius 1 is 1.32 bits per heavy atom. The van der Waals surface area contributed by atoms with Crippen molar-refractivity contribution in [2.75, 3.05) is 11.9 Å². The third kappa shape index (κ3) is 4.43. The van der Waals surface area contributed by atoms with E-state index in [0.717, 1.165) is 37.8 Å². The summed E-state index contributed by atoms with van der Waals surface area (Å²) in [5, 5.41) is 13.1. The standard InChI is InChI=1S/C12H13Br2N3OS/c1-2-5-15-12-17-16-11(19-12)7-18-10-4-3-8(13)6-9(10)14/h3-4,6H,2,5,7H2,1H3,(H,15,17). The Morgan fingerprint density at radius 3 is 2.89 bits per heavy atom. The lowest BCUT2D eigenvalue weighted by Gasteiger charge is -2.06. The molecule has 0 aliphatic rings. The number of hydrogen-bond donors (Lipinski definition) is 1. The van der Waals surface area contributed by atoms with E-state index in [0.29, 0.717) is 6.61 Å². The molecule has 2 aromatic rings. The van der Waals surface area contributed by atoms with Crippen molar-refractivity contribution in [3.63, 3.8) is 0 Å². The number of ether oxygens (including phenoxy) is 1. The second-order valence-electron chi connectivity index (χ2n) is 3.79. The van der Waals surface area contributed by atoms with Crippen LogP contribution in [0.2, 0.25) is 0 Å². The van der Waals surface area contributed by atoms with Gasteiger partial charge in [0.05, 0.1) is 4.47 Å². The molecule has 1 heterocycles. The lowest BCUT2D eigenvalue weighted by atomic mass is 10.3. The van der Waals surface area contributed by atoms with Crippen LogP contribution in [0.3, 0.4) is 0 Å². The first-order valence-corrected chi connectivity index (χ1v) is 8.23. The number of benzene rings is 1. The molecule has 0 aliphatic carbocycles. The third-order valence-corrected chi connectivity index (χ3v) is 4.21. The smallest absolute Gasteiger partial charge is 0.205 e. The Labute approximate surface area is 132 Å². The quantitative estimate of drug-likeness (QED) is 0.768. The van der Waals surface area contributed by atoms with Crippen molar-refractivity contribution >= 4 is 48.3 Å². The van der Waals surface area contributed by atoms with Crippen molar-refractivity contribution in [3.8, 4) is 5.75 Å². The summed E-state index contributed by atoms with van der Waals surface area (Å²) in [6, 6.07) is 5.80. The molecule has 102 valence electrons. The van der Waals surface area contributed by atoms with Crippen LogP contribution in [0.1, 0.15) is 18.4 Å². The van der Waals surface area contributed by atoms with E-state index in [1.807, 2.05) is 18.2 Å². The van der Waals surface area contributed by atoms with Crippen molar-refractivity contribution in [1.29, 1.82) is 0 Å². The fourth-order valence-electron chi connectivity index (χ4n) is 1.35. The van der Waals surface area contributed by atoms with E-state index in [4.69, 9.17) is 4.74 Å². The molecule has 7 heteroatoms. The van der Waals surface area contributed by atoms with Gasteiger partial charge in [-0.15, -0.1) is 10.2 Å². The number of halogens is 2. The first-order chi connectivity index (χ1) is 9.19. The molecule has 0 aliphatic heterocycles. The summed E-state index contributed by atoms with van der Waals surface area (Å²) < 4.78 is 7.63. The SMILES string of the molecule is CCCNc1nnc(COc2ccc(Br)cc2Br)s1. The van der Waals surface area contributed by atoms with Gasteiger partial charge in [0.1, 0.15) is 12.4 Å². The van der Waals surface area contributed by atoms with E-state index in [2.05, 4.69) is 54.3 Å². The average molecular weight is 407 g/mol. The van der Waals surface area contributed by atoms with Gasteiger partial charge in [0, 0.05) is 11.0 Å². The number of nitrogens with zero attached hydrogens (tertiary/aromatic N) is 2. The molecule has 0 bridgehead atoms. The molecule has 1 aromatic carbocycles. The fraction of sp³-hybridized carbons (Fsp3) is 0.333. The van der Waals surface area contributed by atoms with E-state index in [9.17, 15) is 0 Å². The minimum atomic E-state index is 0.422. The van der Waals surface area contributed by atoms with Gasteiger partial charge in [-0.1, -0.05) is 34.2 Å². The third-order valence-electron chi connectivity index (χ3n) is 2.24. The van der Waals surface area contributed by atoms with Crippen molar-refractivity contribution in [2.45, 2.75) is 20.0 Å². The Bertz CT molecular complexity index is 548. The molecule has 19 heavy (non-hydrogen) atoms. The van der Waals surface area contributed by atoms with Crippen molar-refractivity contribution in [3.05, 3.63) is 32.2 Å². The first kappa shape index (κ1) is 14.7. The largest absolute Gasteiger partial charge is 0.485 e.